The predicted molar refractivity (Wildman–Crippen MR) is 48.4 cm³/mol. The average Bonchev–Trinajstić information content (AvgIpc) is 2.12. The Morgan fingerprint density at radius 2 is 1.87 bits per heavy atom. The summed E-state index contributed by atoms with van der Waals surface area (Å²) in [5.74, 6) is -2.94. The zero-order valence-electron chi connectivity index (χ0n) is 7.84. The molecule has 0 aromatic heterocycles. The van der Waals surface area contributed by atoms with Gasteiger partial charge in [-0.1, -0.05) is 0 Å². The van der Waals surface area contributed by atoms with Gasteiger partial charge in [0.05, 0.1) is 19.0 Å². The van der Waals surface area contributed by atoms with Crippen LogP contribution in [0.1, 0.15) is 6.42 Å². The Morgan fingerprint density at radius 3 is 2.27 bits per heavy atom. The fourth-order valence-electron chi connectivity index (χ4n) is 0.725. The molecule has 1 unspecified atom stereocenters. The highest BCUT2D eigenvalue weighted by Gasteiger charge is 2.19. The van der Waals surface area contributed by atoms with Crippen molar-refractivity contribution in [3.63, 3.8) is 0 Å². The predicted octanol–water partition coefficient (Wildman–Crippen LogP) is -3.25. The van der Waals surface area contributed by atoms with E-state index < -0.39 is 36.5 Å². The van der Waals surface area contributed by atoms with Crippen molar-refractivity contribution in [2.75, 3.05) is 6.54 Å². The standard InChI is InChI=1S/C7H13N3O5/c8-3(1-5(9)12)6(13)10-2-4(11)7(14)15/h3-4,11H,1-2,8H2,(H2,9,12)(H,10,13)(H,14,15)/t3?,4-/m0/s1. The first kappa shape index (κ1) is 13.3. The van der Waals surface area contributed by atoms with Gasteiger partial charge in [0.1, 0.15) is 0 Å². The highest BCUT2D eigenvalue weighted by atomic mass is 16.4. The van der Waals surface area contributed by atoms with Crippen LogP contribution in [0.25, 0.3) is 0 Å². The van der Waals surface area contributed by atoms with Crippen LogP contribution in [-0.2, 0) is 14.4 Å². The molecule has 0 fully saturated rings. The van der Waals surface area contributed by atoms with E-state index in [9.17, 15) is 14.4 Å². The van der Waals surface area contributed by atoms with E-state index >= 15 is 0 Å². The van der Waals surface area contributed by atoms with Crippen LogP contribution in [-0.4, -0.2) is 46.7 Å². The molecule has 2 atom stereocenters. The highest BCUT2D eigenvalue weighted by molar-refractivity contribution is 5.87. The molecule has 0 aliphatic heterocycles. The van der Waals surface area contributed by atoms with Crippen LogP contribution in [0.15, 0.2) is 0 Å². The Kier molecular flexibility index (Phi) is 5.27. The first-order chi connectivity index (χ1) is 6.84. The Balaban J connectivity index is 3.93. The zero-order valence-corrected chi connectivity index (χ0v) is 7.84. The normalized spacial score (nSPS) is 14.0. The van der Waals surface area contributed by atoms with Crippen molar-refractivity contribution in [2.45, 2.75) is 18.6 Å². The van der Waals surface area contributed by atoms with E-state index in [1.807, 2.05) is 0 Å². The van der Waals surface area contributed by atoms with Crippen molar-refractivity contribution >= 4 is 17.8 Å². The minimum Gasteiger partial charge on any atom is -0.479 e. The maximum absolute atomic E-state index is 11.1. The van der Waals surface area contributed by atoms with E-state index in [1.165, 1.54) is 0 Å². The summed E-state index contributed by atoms with van der Waals surface area (Å²) < 4.78 is 0. The molecule has 8 heteroatoms. The highest BCUT2D eigenvalue weighted by Crippen LogP contribution is 1.88. The lowest BCUT2D eigenvalue weighted by Crippen LogP contribution is -2.46. The van der Waals surface area contributed by atoms with Gasteiger partial charge in [-0.25, -0.2) is 4.79 Å². The first-order valence-electron chi connectivity index (χ1n) is 4.07. The van der Waals surface area contributed by atoms with E-state index in [1.54, 1.807) is 0 Å². The topological polar surface area (TPSA) is 156 Å². The number of aliphatic carboxylic acids is 1. The molecule has 15 heavy (non-hydrogen) atoms. The molecule has 0 radical (unpaired) electrons. The van der Waals surface area contributed by atoms with Crippen molar-refractivity contribution < 1.29 is 24.6 Å². The van der Waals surface area contributed by atoms with E-state index in [-0.39, 0.29) is 6.42 Å². The van der Waals surface area contributed by atoms with Crippen molar-refractivity contribution in [3.8, 4) is 0 Å². The van der Waals surface area contributed by atoms with Gasteiger partial charge in [-0.2, -0.15) is 0 Å². The van der Waals surface area contributed by atoms with Crippen LogP contribution < -0.4 is 16.8 Å². The largest absolute Gasteiger partial charge is 0.479 e. The van der Waals surface area contributed by atoms with Crippen LogP contribution in [0.3, 0.4) is 0 Å². The van der Waals surface area contributed by atoms with Crippen molar-refractivity contribution in [3.05, 3.63) is 0 Å². The van der Waals surface area contributed by atoms with Gasteiger partial charge in [0.2, 0.25) is 11.8 Å². The number of hydrogen-bond donors (Lipinski definition) is 5. The molecule has 7 N–H and O–H groups in total. The molecule has 0 spiro atoms. The minimum absolute atomic E-state index is 0.338. The molecule has 0 bridgehead atoms. The molecule has 0 rings (SSSR count). The fraction of sp³-hybridized carbons (Fsp3) is 0.571. The van der Waals surface area contributed by atoms with Gasteiger partial charge in [-0.15, -0.1) is 0 Å². The second-order valence-electron chi connectivity index (χ2n) is 2.88. The average molecular weight is 219 g/mol. The molecule has 2 amide bonds. The smallest absolute Gasteiger partial charge is 0.334 e. The number of primary amides is 1. The van der Waals surface area contributed by atoms with Gasteiger partial charge in [-0.3, -0.25) is 9.59 Å². The summed E-state index contributed by atoms with van der Waals surface area (Å²) in [7, 11) is 0. The van der Waals surface area contributed by atoms with E-state index in [0.717, 1.165) is 0 Å². The number of aliphatic hydroxyl groups is 1. The van der Waals surface area contributed by atoms with Crippen LogP contribution in [0.2, 0.25) is 0 Å². The fourth-order valence-corrected chi connectivity index (χ4v) is 0.725. The zero-order chi connectivity index (χ0) is 12.0. The molecule has 0 saturated heterocycles. The number of aliphatic hydroxyl groups excluding tert-OH is 1. The van der Waals surface area contributed by atoms with Gasteiger partial charge in [0.15, 0.2) is 6.10 Å². The third-order valence-corrected chi connectivity index (χ3v) is 1.51. The quantitative estimate of drug-likeness (QED) is 0.316. The number of rotatable bonds is 6. The molecule has 86 valence electrons. The van der Waals surface area contributed by atoms with Crippen LogP contribution in [0.5, 0.6) is 0 Å². The molecule has 0 aromatic rings. The summed E-state index contributed by atoms with van der Waals surface area (Å²) in [5, 5.41) is 19.1. The number of carboxylic acids is 1. The molecular weight excluding hydrogens is 206 g/mol. The summed E-state index contributed by atoms with van der Waals surface area (Å²) >= 11 is 0. The second-order valence-corrected chi connectivity index (χ2v) is 2.88. The lowest BCUT2D eigenvalue weighted by molar-refractivity contribution is -0.146. The Bertz CT molecular complexity index is 267. The van der Waals surface area contributed by atoms with Crippen molar-refractivity contribution in [1.82, 2.24) is 5.32 Å². The molecule has 0 heterocycles. The summed E-state index contributed by atoms with van der Waals surface area (Å²) in [6.45, 7) is -0.472. The number of nitrogens with two attached hydrogens (primary N) is 2. The van der Waals surface area contributed by atoms with E-state index in [0.29, 0.717) is 0 Å². The molecule has 8 nitrogen and oxygen atoms in total. The summed E-state index contributed by atoms with van der Waals surface area (Å²) in [6.07, 6.45) is -2.04. The Morgan fingerprint density at radius 1 is 1.33 bits per heavy atom. The number of hydrogen-bond acceptors (Lipinski definition) is 5. The second kappa shape index (κ2) is 5.94. The van der Waals surface area contributed by atoms with Crippen LogP contribution in [0.4, 0.5) is 0 Å². The van der Waals surface area contributed by atoms with Gasteiger partial charge in [0.25, 0.3) is 0 Å². The molecule has 0 aliphatic carbocycles. The lowest BCUT2D eigenvalue weighted by Gasteiger charge is -2.11. The number of amides is 2. The van der Waals surface area contributed by atoms with Gasteiger partial charge in [0, 0.05) is 0 Å². The third kappa shape index (κ3) is 5.60. The van der Waals surface area contributed by atoms with Gasteiger partial charge in [-0.05, 0) is 0 Å². The summed E-state index contributed by atoms with van der Waals surface area (Å²) in [4.78, 5) is 31.6. The summed E-state index contributed by atoms with van der Waals surface area (Å²) in [5.41, 5.74) is 10.0. The van der Waals surface area contributed by atoms with Crippen molar-refractivity contribution in [2.24, 2.45) is 11.5 Å². The molecule has 0 aromatic carbocycles. The SMILES string of the molecule is NC(=O)CC(N)C(=O)NC[C@H](O)C(=O)O. The van der Waals surface area contributed by atoms with E-state index in [2.05, 4.69) is 5.32 Å². The molecular formula is C7H13N3O5. The van der Waals surface area contributed by atoms with Crippen molar-refractivity contribution in [1.29, 1.82) is 0 Å². The van der Waals surface area contributed by atoms with Crippen LogP contribution >= 0.6 is 0 Å². The van der Waals surface area contributed by atoms with E-state index in [4.69, 9.17) is 21.7 Å². The minimum atomic E-state index is -1.70. The van der Waals surface area contributed by atoms with Crippen LogP contribution in [0, 0.1) is 0 Å². The third-order valence-electron chi connectivity index (χ3n) is 1.51. The monoisotopic (exact) mass is 219 g/mol. The maximum atomic E-state index is 11.1. The number of carbonyl (C=O) groups excluding carboxylic acids is 2. The van der Waals surface area contributed by atoms with Gasteiger partial charge >= 0.3 is 5.97 Å². The Hall–Kier alpha value is -1.67. The maximum Gasteiger partial charge on any atom is 0.334 e. The number of carboxylic acid groups (broad SMARTS) is 1. The number of carbonyl (C=O) groups is 3. The first-order valence-corrected chi connectivity index (χ1v) is 4.07. The molecule has 0 aliphatic rings. The summed E-state index contributed by atoms with van der Waals surface area (Å²) in [6, 6.07) is -1.14. The Labute approximate surface area is 85.2 Å². The molecule has 0 saturated carbocycles. The lowest BCUT2D eigenvalue weighted by atomic mass is 10.2. The van der Waals surface area contributed by atoms with Gasteiger partial charge < -0.3 is 27.0 Å². The number of nitrogens with one attached hydrogen (secondary N) is 1.